The summed E-state index contributed by atoms with van der Waals surface area (Å²) in [5.41, 5.74) is 1.14. The zero-order chi connectivity index (χ0) is 13.4. The van der Waals surface area contributed by atoms with Gasteiger partial charge in [0.15, 0.2) is 6.10 Å². The van der Waals surface area contributed by atoms with Crippen LogP contribution in [0.5, 0.6) is 5.75 Å². The third kappa shape index (κ3) is 2.10. The van der Waals surface area contributed by atoms with E-state index in [0.29, 0.717) is 0 Å². The highest BCUT2D eigenvalue weighted by molar-refractivity contribution is 5.84. The number of benzene rings is 1. The van der Waals surface area contributed by atoms with Crippen LogP contribution in [0, 0.1) is 0 Å². The second-order valence-corrected chi connectivity index (χ2v) is 5.45. The lowest BCUT2D eigenvalue weighted by atomic mass is 9.96. The SMILES string of the molecule is CC1c2ccccc2OC1C(=O)N1CCNCC1C. The van der Waals surface area contributed by atoms with Crippen LogP contribution in [-0.2, 0) is 4.79 Å². The molecule has 102 valence electrons. The predicted octanol–water partition coefficient (Wildman–Crippen LogP) is 1.37. The Hall–Kier alpha value is -1.55. The Morgan fingerprint density at radius 2 is 2.16 bits per heavy atom. The Labute approximate surface area is 113 Å². The Morgan fingerprint density at radius 3 is 2.89 bits per heavy atom. The smallest absolute Gasteiger partial charge is 0.264 e. The third-order valence-corrected chi connectivity index (χ3v) is 4.15. The normalized spacial score (nSPS) is 29.8. The number of hydrogen-bond acceptors (Lipinski definition) is 3. The molecule has 1 aromatic rings. The van der Waals surface area contributed by atoms with E-state index in [-0.39, 0.29) is 24.0 Å². The standard InChI is InChI=1S/C15H20N2O2/c1-10-9-16-7-8-17(10)15(18)14-11(2)12-5-3-4-6-13(12)19-14/h3-6,10-11,14,16H,7-9H2,1-2H3. The van der Waals surface area contributed by atoms with E-state index >= 15 is 0 Å². The number of ether oxygens (including phenoxy) is 1. The summed E-state index contributed by atoms with van der Waals surface area (Å²) >= 11 is 0. The highest BCUT2D eigenvalue weighted by atomic mass is 16.5. The molecule has 19 heavy (non-hydrogen) atoms. The molecule has 0 aromatic heterocycles. The van der Waals surface area contributed by atoms with Gasteiger partial charge < -0.3 is 15.0 Å². The molecule has 4 heteroatoms. The molecule has 1 N–H and O–H groups in total. The van der Waals surface area contributed by atoms with E-state index in [1.54, 1.807) is 0 Å². The molecule has 4 nitrogen and oxygen atoms in total. The highest BCUT2D eigenvalue weighted by Crippen LogP contribution is 2.38. The molecule has 2 aliphatic rings. The van der Waals surface area contributed by atoms with Crippen molar-refractivity contribution in [1.29, 1.82) is 0 Å². The number of para-hydroxylation sites is 1. The monoisotopic (exact) mass is 260 g/mol. The van der Waals surface area contributed by atoms with Gasteiger partial charge in [0, 0.05) is 37.2 Å². The Balaban J connectivity index is 1.79. The van der Waals surface area contributed by atoms with Crippen LogP contribution in [0.15, 0.2) is 24.3 Å². The van der Waals surface area contributed by atoms with Gasteiger partial charge in [0.1, 0.15) is 5.75 Å². The van der Waals surface area contributed by atoms with Crippen molar-refractivity contribution >= 4 is 5.91 Å². The zero-order valence-corrected chi connectivity index (χ0v) is 11.4. The lowest BCUT2D eigenvalue weighted by molar-refractivity contribution is -0.141. The molecule has 2 aliphatic heterocycles. The van der Waals surface area contributed by atoms with Gasteiger partial charge >= 0.3 is 0 Å². The molecule has 1 saturated heterocycles. The molecular formula is C15H20N2O2. The zero-order valence-electron chi connectivity index (χ0n) is 11.4. The minimum atomic E-state index is -0.363. The minimum absolute atomic E-state index is 0.123. The summed E-state index contributed by atoms with van der Waals surface area (Å²) in [4.78, 5) is 14.6. The summed E-state index contributed by atoms with van der Waals surface area (Å²) in [5, 5.41) is 3.30. The van der Waals surface area contributed by atoms with Gasteiger partial charge in [-0.3, -0.25) is 4.79 Å². The number of nitrogens with one attached hydrogen (secondary N) is 1. The molecule has 0 saturated carbocycles. The maximum absolute atomic E-state index is 12.7. The number of nitrogens with zero attached hydrogens (tertiary/aromatic N) is 1. The average Bonchev–Trinajstić information content (AvgIpc) is 2.77. The molecule has 3 unspecified atom stereocenters. The molecule has 3 rings (SSSR count). The van der Waals surface area contributed by atoms with Crippen LogP contribution in [0.2, 0.25) is 0 Å². The number of amides is 1. The second-order valence-electron chi connectivity index (χ2n) is 5.45. The van der Waals surface area contributed by atoms with E-state index in [1.165, 1.54) is 0 Å². The molecule has 1 amide bonds. The number of piperazine rings is 1. The van der Waals surface area contributed by atoms with Gasteiger partial charge in [-0.2, -0.15) is 0 Å². The Morgan fingerprint density at radius 1 is 1.37 bits per heavy atom. The highest BCUT2D eigenvalue weighted by Gasteiger charge is 2.39. The summed E-state index contributed by atoms with van der Waals surface area (Å²) in [6.07, 6.45) is -0.363. The third-order valence-electron chi connectivity index (χ3n) is 4.15. The van der Waals surface area contributed by atoms with Crippen molar-refractivity contribution in [3.8, 4) is 5.75 Å². The second kappa shape index (κ2) is 4.85. The summed E-state index contributed by atoms with van der Waals surface area (Å²) < 4.78 is 5.87. The fourth-order valence-electron chi connectivity index (χ4n) is 2.96. The van der Waals surface area contributed by atoms with Crippen LogP contribution in [0.4, 0.5) is 0 Å². The van der Waals surface area contributed by atoms with Gasteiger partial charge in [-0.25, -0.2) is 0 Å². The summed E-state index contributed by atoms with van der Waals surface area (Å²) in [6, 6.07) is 8.18. The summed E-state index contributed by atoms with van der Waals surface area (Å²) in [7, 11) is 0. The molecule has 1 fully saturated rings. The molecule has 0 bridgehead atoms. The predicted molar refractivity (Wildman–Crippen MR) is 73.3 cm³/mol. The Bertz CT molecular complexity index is 489. The number of rotatable bonds is 1. The van der Waals surface area contributed by atoms with Crippen molar-refractivity contribution in [2.45, 2.75) is 31.9 Å². The van der Waals surface area contributed by atoms with Crippen molar-refractivity contribution in [3.05, 3.63) is 29.8 Å². The van der Waals surface area contributed by atoms with Gasteiger partial charge in [0.2, 0.25) is 0 Å². The van der Waals surface area contributed by atoms with E-state index in [2.05, 4.69) is 25.2 Å². The molecule has 2 heterocycles. The van der Waals surface area contributed by atoms with E-state index < -0.39 is 0 Å². The van der Waals surface area contributed by atoms with Crippen molar-refractivity contribution in [2.24, 2.45) is 0 Å². The molecular weight excluding hydrogens is 240 g/mol. The van der Waals surface area contributed by atoms with E-state index in [9.17, 15) is 4.79 Å². The van der Waals surface area contributed by atoms with Crippen LogP contribution in [0.3, 0.4) is 0 Å². The minimum Gasteiger partial charge on any atom is -0.480 e. The first-order valence-corrected chi connectivity index (χ1v) is 6.95. The molecule has 1 aromatic carbocycles. The van der Waals surface area contributed by atoms with Gasteiger partial charge in [-0.1, -0.05) is 25.1 Å². The van der Waals surface area contributed by atoms with Crippen molar-refractivity contribution in [2.75, 3.05) is 19.6 Å². The van der Waals surface area contributed by atoms with Crippen LogP contribution in [0.25, 0.3) is 0 Å². The molecule has 0 radical (unpaired) electrons. The molecule has 3 atom stereocenters. The number of carbonyl (C=O) groups excluding carboxylic acids is 1. The maximum atomic E-state index is 12.7. The fraction of sp³-hybridized carbons (Fsp3) is 0.533. The van der Waals surface area contributed by atoms with Gasteiger partial charge in [0.25, 0.3) is 5.91 Å². The van der Waals surface area contributed by atoms with Gasteiger partial charge in [-0.05, 0) is 13.0 Å². The van der Waals surface area contributed by atoms with E-state index in [0.717, 1.165) is 30.9 Å². The number of hydrogen-bond donors (Lipinski definition) is 1. The fourth-order valence-corrected chi connectivity index (χ4v) is 2.96. The van der Waals surface area contributed by atoms with Crippen LogP contribution in [-0.4, -0.2) is 42.6 Å². The number of carbonyl (C=O) groups is 1. The first-order chi connectivity index (χ1) is 9.18. The largest absolute Gasteiger partial charge is 0.480 e. The quantitative estimate of drug-likeness (QED) is 0.829. The summed E-state index contributed by atoms with van der Waals surface area (Å²) in [6.45, 7) is 6.64. The first-order valence-electron chi connectivity index (χ1n) is 6.95. The maximum Gasteiger partial charge on any atom is 0.264 e. The van der Waals surface area contributed by atoms with E-state index in [1.807, 2.05) is 23.1 Å². The van der Waals surface area contributed by atoms with Gasteiger partial charge in [-0.15, -0.1) is 0 Å². The molecule has 0 spiro atoms. The van der Waals surface area contributed by atoms with Crippen molar-refractivity contribution in [1.82, 2.24) is 10.2 Å². The lowest BCUT2D eigenvalue weighted by Crippen LogP contribution is -2.55. The van der Waals surface area contributed by atoms with Gasteiger partial charge in [0.05, 0.1) is 0 Å². The molecule has 0 aliphatic carbocycles. The van der Waals surface area contributed by atoms with Crippen LogP contribution < -0.4 is 10.1 Å². The van der Waals surface area contributed by atoms with Crippen molar-refractivity contribution < 1.29 is 9.53 Å². The average molecular weight is 260 g/mol. The van der Waals surface area contributed by atoms with Crippen LogP contribution in [0.1, 0.15) is 25.3 Å². The number of fused-ring (bicyclic) bond motifs is 1. The lowest BCUT2D eigenvalue weighted by Gasteiger charge is -2.36. The van der Waals surface area contributed by atoms with Crippen LogP contribution >= 0.6 is 0 Å². The first kappa shape index (κ1) is 12.5. The summed E-state index contributed by atoms with van der Waals surface area (Å²) in [5.74, 6) is 1.11. The topological polar surface area (TPSA) is 41.6 Å². The Kier molecular flexibility index (Phi) is 3.19. The van der Waals surface area contributed by atoms with E-state index in [4.69, 9.17) is 4.74 Å². The van der Waals surface area contributed by atoms with Crippen molar-refractivity contribution in [3.63, 3.8) is 0 Å².